The standard InChI is InChI=1S/C15H15ClN2S/c1-11(15-4-3-7-19-15)18(2)10-13-6-5-12(9-17)8-14(13)16/h3-8,11H,10H2,1-2H3. The first-order valence-corrected chi connectivity index (χ1v) is 7.29. The number of thiophene rings is 1. The van der Waals surface area contributed by atoms with Crippen molar-refractivity contribution in [2.24, 2.45) is 0 Å². The van der Waals surface area contributed by atoms with Gasteiger partial charge in [0, 0.05) is 22.5 Å². The summed E-state index contributed by atoms with van der Waals surface area (Å²) in [7, 11) is 2.08. The summed E-state index contributed by atoms with van der Waals surface area (Å²) in [6.07, 6.45) is 0. The van der Waals surface area contributed by atoms with E-state index in [1.807, 2.05) is 12.1 Å². The van der Waals surface area contributed by atoms with E-state index >= 15 is 0 Å². The second kappa shape index (κ2) is 6.21. The van der Waals surface area contributed by atoms with Gasteiger partial charge >= 0.3 is 0 Å². The van der Waals surface area contributed by atoms with Crippen molar-refractivity contribution in [2.75, 3.05) is 7.05 Å². The fourth-order valence-corrected chi connectivity index (χ4v) is 2.99. The van der Waals surface area contributed by atoms with Crippen LogP contribution in [0.25, 0.3) is 0 Å². The Kier molecular flexibility index (Phi) is 4.60. The average molecular weight is 291 g/mol. The topological polar surface area (TPSA) is 27.0 Å². The largest absolute Gasteiger partial charge is 0.295 e. The molecule has 4 heteroatoms. The molecule has 1 unspecified atom stereocenters. The molecule has 0 fully saturated rings. The molecule has 0 spiro atoms. The molecule has 0 saturated carbocycles. The summed E-state index contributed by atoms with van der Waals surface area (Å²) >= 11 is 7.97. The van der Waals surface area contributed by atoms with Crippen LogP contribution in [0.4, 0.5) is 0 Å². The first kappa shape index (κ1) is 14.1. The maximum absolute atomic E-state index is 8.83. The number of hydrogen-bond donors (Lipinski definition) is 0. The molecule has 2 rings (SSSR count). The normalized spacial score (nSPS) is 12.4. The van der Waals surface area contributed by atoms with E-state index in [9.17, 15) is 0 Å². The third-order valence-corrected chi connectivity index (χ3v) is 4.61. The van der Waals surface area contributed by atoms with Gasteiger partial charge < -0.3 is 0 Å². The molecule has 0 aliphatic carbocycles. The van der Waals surface area contributed by atoms with Crippen molar-refractivity contribution < 1.29 is 0 Å². The summed E-state index contributed by atoms with van der Waals surface area (Å²) in [5.74, 6) is 0. The fraction of sp³-hybridized carbons (Fsp3) is 0.267. The second-order valence-corrected chi connectivity index (χ2v) is 5.91. The van der Waals surface area contributed by atoms with Gasteiger partial charge in [0.15, 0.2) is 0 Å². The molecule has 0 bridgehead atoms. The van der Waals surface area contributed by atoms with Gasteiger partial charge in [-0.1, -0.05) is 23.7 Å². The summed E-state index contributed by atoms with van der Waals surface area (Å²) in [5.41, 5.74) is 1.65. The third kappa shape index (κ3) is 3.36. The van der Waals surface area contributed by atoms with Crippen LogP contribution in [0.5, 0.6) is 0 Å². The zero-order valence-electron chi connectivity index (χ0n) is 10.9. The van der Waals surface area contributed by atoms with E-state index in [0.29, 0.717) is 16.6 Å². The minimum atomic E-state index is 0.353. The zero-order valence-corrected chi connectivity index (χ0v) is 12.5. The molecule has 0 radical (unpaired) electrons. The van der Waals surface area contributed by atoms with Gasteiger partial charge in [0.25, 0.3) is 0 Å². The lowest BCUT2D eigenvalue weighted by Crippen LogP contribution is -2.21. The van der Waals surface area contributed by atoms with E-state index in [-0.39, 0.29) is 0 Å². The van der Waals surface area contributed by atoms with Crippen LogP contribution in [0.3, 0.4) is 0 Å². The number of halogens is 1. The molecule has 2 aromatic rings. The average Bonchev–Trinajstić information content (AvgIpc) is 2.94. The van der Waals surface area contributed by atoms with Crippen molar-refractivity contribution >= 4 is 22.9 Å². The van der Waals surface area contributed by atoms with Crippen LogP contribution < -0.4 is 0 Å². The predicted molar refractivity (Wildman–Crippen MR) is 80.4 cm³/mol. The minimum absolute atomic E-state index is 0.353. The van der Waals surface area contributed by atoms with E-state index in [4.69, 9.17) is 16.9 Å². The molecule has 1 heterocycles. The van der Waals surface area contributed by atoms with Crippen LogP contribution in [0.15, 0.2) is 35.7 Å². The van der Waals surface area contributed by atoms with Crippen LogP contribution in [0.1, 0.15) is 29.0 Å². The van der Waals surface area contributed by atoms with Gasteiger partial charge in [-0.2, -0.15) is 5.26 Å². The Morgan fingerprint density at radius 1 is 1.42 bits per heavy atom. The number of hydrogen-bond acceptors (Lipinski definition) is 3. The fourth-order valence-electron chi connectivity index (χ4n) is 1.90. The van der Waals surface area contributed by atoms with Gasteiger partial charge in [-0.15, -0.1) is 11.3 Å². The second-order valence-electron chi connectivity index (χ2n) is 4.52. The summed E-state index contributed by atoms with van der Waals surface area (Å²) < 4.78 is 0. The van der Waals surface area contributed by atoms with E-state index < -0.39 is 0 Å². The van der Waals surface area contributed by atoms with Gasteiger partial charge in [-0.3, -0.25) is 4.90 Å². The van der Waals surface area contributed by atoms with Crippen molar-refractivity contribution in [3.05, 3.63) is 56.7 Å². The monoisotopic (exact) mass is 290 g/mol. The van der Waals surface area contributed by atoms with Gasteiger partial charge in [0.1, 0.15) is 0 Å². The highest BCUT2D eigenvalue weighted by molar-refractivity contribution is 7.10. The Morgan fingerprint density at radius 3 is 2.79 bits per heavy atom. The van der Waals surface area contributed by atoms with Gasteiger partial charge in [0.2, 0.25) is 0 Å². The molecular weight excluding hydrogens is 276 g/mol. The number of nitriles is 1. The van der Waals surface area contributed by atoms with Crippen LogP contribution in [-0.2, 0) is 6.54 Å². The Hall–Kier alpha value is -1.34. The Labute approximate surface area is 122 Å². The lowest BCUT2D eigenvalue weighted by molar-refractivity contribution is 0.256. The van der Waals surface area contributed by atoms with Gasteiger partial charge in [0.05, 0.1) is 11.6 Å². The predicted octanol–water partition coefficient (Wildman–Crippen LogP) is 4.47. The maximum Gasteiger partial charge on any atom is 0.0992 e. The first-order valence-electron chi connectivity index (χ1n) is 6.04. The first-order chi connectivity index (χ1) is 9.11. The van der Waals surface area contributed by atoms with E-state index in [2.05, 4.69) is 42.5 Å². The molecule has 0 aliphatic heterocycles. The van der Waals surface area contributed by atoms with Crippen molar-refractivity contribution in [2.45, 2.75) is 19.5 Å². The summed E-state index contributed by atoms with van der Waals surface area (Å²) in [5, 5.41) is 11.6. The number of rotatable bonds is 4. The van der Waals surface area contributed by atoms with Crippen molar-refractivity contribution in [1.29, 1.82) is 5.26 Å². The molecule has 98 valence electrons. The molecule has 0 amide bonds. The molecule has 1 aromatic carbocycles. The molecule has 19 heavy (non-hydrogen) atoms. The van der Waals surface area contributed by atoms with Gasteiger partial charge in [-0.25, -0.2) is 0 Å². The van der Waals surface area contributed by atoms with Crippen LogP contribution >= 0.6 is 22.9 Å². The maximum atomic E-state index is 8.83. The molecular formula is C15H15ClN2S. The third-order valence-electron chi connectivity index (χ3n) is 3.22. The van der Waals surface area contributed by atoms with Crippen molar-refractivity contribution in [3.63, 3.8) is 0 Å². The Morgan fingerprint density at radius 2 is 2.21 bits per heavy atom. The Bertz CT molecular complexity index is 587. The summed E-state index contributed by atoms with van der Waals surface area (Å²) in [6, 6.07) is 12.1. The molecule has 1 atom stereocenters. The SMILES string of the molecule is CC(c1cccs1)N(C)Cc1ccc(C#N)cc1Cl. The molecule has 0 aliphatic rings. The Balaban J connectivity index is 2.11. The molecule has 0 saturated heterocycles. The highest BCUT2D eigenvalue weighted by atomic mass is 35.5. The lowest BCUT2D eigenvalue weighted by atomic mass is 10.1. The van der Waals surface area contributed by atoms with Crippen molar-refractivity contribution in [3.8, 4) is 6.07 Å². The van der Waals surface area contributed by atoms with Crippen LogP contribution in [0.2, 0.25) is 5.02 Å². The summed E-state index contributed by atoms with van der Waals surface area (Å²) in [6.45, 7) is 2.95. The van der Waals surface area contributed by atoms with Gasteiger partial charge in [-0.05, 0) is 43.1 Å². The highest BCUT2D eigenvalue weighted by Gasteiger charge is 2.14. The highest BCUT2D eigenvalue weighted by Crippen LogP contribution is 2.26. The van der Waals surface area contributed by atoms with E-state index in [0.717, 1.165) is 12.1 Å². The van der Waals surface area contributed by atoms with Crippen LogP contribution in [-0.4, -0.2) is 11.9 Å². The number of benzene rings is 1. The van der Waals surface area contributed by atoms with E-state index in [1.54, 1.807) is 17.4 Å². The molecule has 0 N–H and O–H groups in total. The smallest absolute Gasteiger partial charge is 0.0992 e. The van der Waals surface area contributed by atoms with Crippen molar-refractivity contribution in [1.82, 2.24) is 4.90 Å². The quantitative estimate of drug-likeness (QED) is 0.831. The molecule has 2 nitrogen and oxygen atoms in total. The summed E-state index contributed by atoms with van der Waals surface area (Å²) in [4.78, 5) is 3.59. The van der Waals surface area contributed by atoms with E-state index in [1.165, 1.54) is 4.88 Å². The minimum Gasteiger partial charge on any atom is -0.295 e. The lowest BCUT2D eigenvalue weighted by Gasteiger charge is -2.24. The number of nitrogens with zero attached hydrogens (tertiary/aromatic N) is 2. The molecule has 1 aromatic heterocycles. The van der Waals surface area contributed by atoms with Crippen LogP contribution in [0, 0.1) is 11.3 Å². The zero-order chi connectivity index (χ0) is 13.8.